The fourth-order valence-corrected chi connectivity index (χ4v) is 3.59. The van der Waals surface area contributed by atoms with Crippen molar-refractivity contribution in [1.29, 1.82) is 0 Å². The van der Waals surface area contributed by atoms with Gasteiger partial charge in [0.2, 0.25) is 0 Å². The second-order valence-corrected chi connectivity index (χ2v) is 7.18. The first kappa shape index (κ1) is 22.8. The summed E-state index contributed by atoms with van der Waals surface area (Å²) in [6.07, 6.45) is 0.846. The van der Waals surface area contributed by atoms with Gasteiger partial charge in [-0.25, -0.2) is 0 Å². The molecule has 2 heterocycles. The number of piperazine rings is 1. The van der Waals surface area contributed by atoms with Gasteiger partial charge in [0.15, 0.2) is 5.96 Å². The first-order valence-corrected chi connectivity index (χ1v) is 9.91. The Morgan fingerprint density at radius 3 is 2.61 bits per heavy atom. The molecule has 6 nitrogen and oxygen atoms in total. The molecule has 0 amide bonds. The summed E-state index contributed by atoms with van der Waals surface area (Å²) in [5, 5.41) is 8.22. The molecule has 1 N–H and O–H groups in total. The van der Waals surface area contributed by atoms with Gasteiger partial charge in [0.05, 0.1) is 5.69 Å². The summed E-state index contributed by atoms with van der Waals surface area (Å²) >= 11 is 6.13. The van der Waals surface area contributed by atoms with Crippen molar-refractivity contribution in [3.63, 3.8) is 0 Å². The van der Waals surface area contributed by atoms with Gasteiger partial charge in [0.1, 0.15) is 5.76 Å². The lowest BCUT2D eigenvalue weighted by atomic mass is 10.1. The fraction of sp³-hybridized carbons (Fsp3) is 0.500. The van der Waals surface area contributed by atoms with Gasteiger partial charge in [-0.2, -0.15) is 0 Å². The zero-order valence-electron chi connectivity index (χ0n) is 16.7. The highest BCUT2D eigenvalue weighted by atomic mass is 127. The van der Waals surface area contributed by atoms with Gasteiger partial charge in [-0.1, -0.05) is 22.8 Å². The zero-order valence-corrected chi connectivity index (χ0v) is 19.8. The molecule has 0 saturated carbocycles. The highest BCUT2D eigenvalue weighted by Crippen LogP contribution is 2.21. The van der Waals surface area contributed by atoms with Crippen LogP contribution in [-0.4, -0.2) is 55.3 Å². The lowest BCUT2D eigenvalue weighted by Crippen LogP contribution is -2.52. The Labute approximate surface area is 189 Å². The number of benzene rings is 1. The Kier molecular flexibility index (Phi) is 8.88. The molecule has 1 aliphatic rings. The van der Waals surface area contributed by atoms with Crippen molar-refractivity contribution in [3.8, 4) is 0 Å². The van der Waals surface area contributed by atoms with E-state index in [9.17, 15) is 0 Å². The largest absolute Gasteiger partial charge is 0.368 e. The van der Waals surface area contributed by atoms with Crippen molar-refractivity contribution in [2.45, 2.75) is 27.2 Å². The number of rotatable bonds is 5. The lowest BCUT2D eigenvalue weighted by Gasteiger charge is -2.37. The predicted molar refractivity (Wildman–Crippen MR) is 126 cm³/mol. The second kappa shape index (κ2) is 10.9. The van der Waals surface area contributed by atoms with E-state index in [2.05, 4.69) is 33.3 Å². The Morgan fingerprint density at radius 1 is 1.25 bits per heavy atom. The van der Waals surface area contributed by atoms with Crippen molar-refractivity contribution in [1.82, 2.24) is 15.4 Å². The lowest BCUT2D eigenvalue weighted by molar-refractivity contribution is 0.372. The van der Waals surface area contributed by atoms with Gasteiger partial charge in [0.25, 0.3) is 0 Å². The number of anilines is 1. The minimum atomic E-state index is 0. The van der Waals surface area contributed by atoms with Crippen LogP contribution in [0.5, 0.6) is 0 Å². The Hall–Kier alpha value is -1.48. The monoisotopic (exact) mass is 517 g/mol. The SMILES string of the molecule is CCNC(=NCCc1c(C)noc1C)N1CCN(c2cccc(Cl)c2)CC1.I. The smallest absolute Gasteiger partial charge is 0.194 e. The summed E-state index contributed by atoms with van der Waals surface area (Å²) in [6, 6.07) is 8.06. The number of hydrogen-bond acceptors (Lipinski definition) is 4. The molecule has 1 saturated heterocycles. The molecule has 28 heavy (non-hydrogen) atoms. The predicted octanol–water partition coefficient (Wildman–Crippen LogP) is 3.89. The van der Waals surface area contributed by atoms with E-state index >= 15 is 0 Å². The highest BCUT2D eigenvalue weighted by molar-refractivity contribution is 14.0. The van der Waals surface area contributed by atoms with Crippen LogP contribution in [0.25, 0.3) is 0 Å². The summed E-state index contributed by atoms with van der Waals surface area (Å²) in [6.45, 7) is 11.4. The topological polar surface area (TPSA) is 56.9 Å². The number of halogens is 2. The standard InChI is InChI=1S/C20H28ClN5O.HI/c1-4-22-20(23-9-8-19-15(2)24-27-16(19)3)26-12-10-25(11-13-26)18-7-5-6-17(21)14-18;/h5-7,14H,4,8-13H2,1-3H3,(H,22,23);1H. The molecule has 0 atom stereocenters. The number of nitrogens with zero attached hydrogens (tertiary/aromatic N) is 4. The first-order valence-electron chi connectivity index (χ1n) is 9.54. The molecule has 1 aliphatic heterocycles. The molecule has 0 unspecified atom stereocenters. The van der Waals surface area contributed by atoms with Crippen LogP contribution < -0.4 is 10.2 Å². The fourth-order valence-electron chi connectivity index (χ4n) is 3.41. The van der Waals surface area contributed by atoms with Crippen molar-refractivity contribution in [2.75, 3.05) is 44.2 Å². The van der Waals surface area contributed by atoms with Crippen LogP contribution in [0.3, 0.4) is 0 Å². The zero-order chi connectivity index (χ0) is 19.2. The minimum absolute atomic E-state index is 0. The highest BCUT2D eigenvalue weighted by Gasteiger charge is 2.20. The molecule has 3 rings (SSSR count). The molecule has 1 aromatic heterocycles. The number of aryl methyl sites for hydroxylation is 2. The maximum absolute atomic E-state index is 6.13. The van der Waals surface area contributed by atoms with E-state index in [1.807, 2.05) is 32.0 Å². The summed E-state index contributed by atoms with van der Waals surface area (Å²) in [5.41, 5.74) is 3.31. The van der Waals surface area contributed by atoms with E-state index in [0.29, 0.717) is 0 Å². The van der Waals surface area contributed by atoms with Crippen LogP contribution in [0.2, 0.25) is 5.02 Å². The van der Waals surface area contributed by atoms with Crippen molar-refractivity contribution in [3.05, 3.63) is 46.3 Å². The molecule has 154 valence electrons. The van der Waals surface area contributed by atoms with Crippen molar-refractivity contribution >= 4 is 47.2 Å². The minimum Gasteiger partial charge on any atom is -0.368 e. The van der Waals surface area contributed by atoms with Crippen LogP contribution in [0.4, 0.5) is 5.69 Å². The quantitative estimate of drug-likeness (QED) is 0.370. The molecule has 0 spiro atoms. The van der Waals surface area contributed by atoms with Crippen LogP contribution in [-0.2, 0) is 6.42 Å². The molecular weight excluding hydrogens is 489 g/mol. The molecule has 8 heteroatoms. The average Bonchev–Trinajstić information content (AvgIpc) is 2.99. The van der Waals surface area contributed by atoms with E-state index in [-0.39, 0.29) is 24.0 Å². The summed E-state index contributed by atoms with van der Waals surface area (Å²) < 4.78 is 5.24. The van der Waals surface area contributed by atoms with Crippen molar-refractivity contribution < 1.29 is 4.52 Å². The van der Waals surface area contributed by atoms with Gasteiger partial charge >= 0.3 is 0 Å². The molecule has 1 aromatic carbocycles. The Bertz CT molecular complexity index is 767. The third kappa shape index (κ3) is 5.76. The van der Waals surface area contributed by atoms with Gasteiger partial charge in [0, 0.05) is 55.5 Å². The Balaban J connectivity index is 0.00000280. The van der Waals surface area contributed by atoms with Crippen molar-refractivity contribution in [2.24, 2.45) is 4.99 Å². The summed E-state index contributed by atoms with van der Waals surface area (Å²) in [4.78, 5) is 9.53. The van der Waals surface area contributed by atoms with E-state index in [1.54, 1.807) is 0 Å². The van der Waals surface area contributed by atoms with E-state index in [4.69, 9.17) is 21.1 Å². The normalized spacial score (nSPS) is 14.8. The van der Waals surface area contributed by atoms with Crippen LogP contribution in [0, 0.1) is 13.8 Å². The number of hydrogen-bond donors (Lipinski definition) is 1. The van der Waals surface area contributed by atoms with Crippen LogP contribution in [0.1, 0.15) is 23.9 Å². The van der Waals surface area contributed by atoms with Gasteiger partial charge in [-0.15, -0.1) is 24.0 Å². The maximum Gasteiger partial charge on any atom is 0.194 e. The molecule has 1 fully saturated rings. The summed E-state index contributed by atoms with van der Waals surface area (Å²) in [7, 11) is 0. The number of nitrogens with one attached hydrogen (secondary N) is 1. The second-order valence-electron chi connectivity index (χ2n) is 6.74. The maximum atomic E-state index is 6.13. The molecular formula is C20H29ClIN5O. The number of aliphatic imine (C=N–C) groups is 1. The van der Waals surface area contributed by atoms with Gasteiger partial charge < -0.3 is 19.6 Å². The number of guanidine groups is 1. The first-order chi connectivity index (χ1) is 13.1. The molecule has 0 aliphatic carbocycles. The van der Waals surface area contributed by atoms with Gasteiger partial charge in [-0.05, 0) is 45.4 Å². The molecule has 0 bridgehead atoms. The third-order valence-electron chi connectivity index (χ3n) is 4.89. The average molecular weight is 518 g/mol. The Morgan fingerprint density at radius 2 is 2.00 bits per heavy atom. The van der Waals surface area contributed by atoms with E-state index in [0.717, 1.165) is 68.1 Å². The van der Waals surface area contributed by atoms with Gasteiger partial charge in [-0.3, -0.25) is 4.99 Å². The van der Waals surface area contributed by atoms with Crippen LogP contribution in [0.15, 0.2) is 33.8 Å². The molecule has 2 aromatic rings. The van der Waals surface area contributed by atoms with E-state index < -0.39 is 0 Å². The van der Waals surface area contributed by atoms with E-state index in [1.165, 1.54) is 11.3 Å². The molecule has 0 radical (unpaired) electrons. The number of aromatic nitrogens is 1. The van der Waals surface area contributed by atoms with Crippen LogP contribution >= 0.6 is 35.6 Å². The summed E-state index contributed by atoms with van der Waals surface area (Å²) in [5.74, 6) is 1.87. The third-order valence-corrected chi connectivity index (χ3v) is 5.13.